The van der Waals surface area contributed by atoms with Crippen LogP contribution >= 0.6 is 11.6 Å². The minimum Gasteiger partial charge on any atom is -0.309 e. The molecule has 0 fully saturated rings. The van der Waals surface area contributed by atoms with Gasteiger partial charge in [-0.1, -0.05) is 115 Å². The molecule has 0 saturated carbocycles. The molecular weight excluding hydrogens is 620 g/mol. The summed E-state index contributed by atoms with van der Waals surface area (Å²) in [5, 5.41) is 5.40. The zero-order chi connectivity index (χ0) is 32.5. The van der Waals surface area contributed by atoms with E-state index in [1.807, 2.05) is 48.5 Å². The molecule has 0 aliphatic rings. The monoisotopic (exact) mass is 646 g/mol. The van der Waals surface area contributed by atoms with Crippen molar-refractivity contribution in [3.8, 4) is 33.9 Å². The lowest BCUT2D eigenvalue weighted by Gasteiger charge is -2.15. The lowest BCUT2D eigenvalue weighted by molar-refractivity contribution is 1.08. The van der Waals surface area contributed by atoms with Crippen LogP contribution in [-0.4, -0.2) is 19.1 Å². The molecule has 230 valence electrons. The molecule has 10 aromatic rings. The molecule has 0 aliphatic heterocycles. The normalized spacial score (nSPS) is 11.8. The zero-order valence-corrected chi connectivity index (χ0v) is 27.0. The van der Waals surface area contributed by atoms with Crippen LogP contribution in [0.1, 0.15) is 0 Å². The van der Waals surface area contributed by atoms with Gasteiger partial charge in [0.05, 0.1) is 38.1 Å². The van der Waals surface area contributed by atoms with E-state index in [1.54, 1.807) is 0 Å². The van der Waals surface area contributed by atoms with Gasteiger partial charge < -0.3 is 4.57 Å². The van der Waals surface area contributed by atoms with Crippen LogP contribution in [0.2, 0.25) is 5.02 Å². The van der Waals surface area contributed by atoms with Crippen LogP contribution in [0.4, 0.5) is 0 Å². The Hall–Kier alpha value is -6.23. The van der Waals surface area contributed by atoms with E-state index in [0.29, 0.717) is 5.02 Å². The van der Waals surface area contributed by atoms with Gasteiger partial charge in [-0.2, -0.15) is 0 Å². The van der Waals surface area contributed by atoms with E-state index in [0.717, 1.165) is 66.7 Å². The second kappa shape index (κ2) is 10.9. The van der Waals surface area contributed by atoms with E-state index in [4.69, 9.17) is 21.6 Å². The molecular formula is C44H27ClN4. The number of nitrogens with zero attached hydrogens (tertiary/aromatic N) is 4. The fourth-order valence-corrected chi connectivity index (χ4v) is 7.59. The van der Waals surface area contributed by atoms with Crippen molar-refractivity contribution in [1.82, 2.24) is 19.1 Å². The number of hydrogen-bond donors (Lipinski definition) is 0. The molecule has 0 spiro atoms. The summed E-state index contributed by atoms with van der Waals surface area (Å²) in [5.41, 5.74) is 11.2. The van der Waals surface area contributed by atoms with E-state index < -0.39 is 0 Å². The second-order valence-corrected chi connectivity index (χ2v) is 12.8. The maximum absolute atomic E-state index is 6.84. The first-order valence-corrected chi connectivity index (χ1v) is 16.7. The Morgan fingerprint density at radius 1 is 0.408 bits per heavy atom. The first-order valence-electron chi connectivity index (χ1n) is 16.4. The van der Waals surface area contributed by atoms with E-state index >= 15 is 0 Å². The van der Waals surface area contributed by atoms with E-state index in [1.165, 1.54) is 21.8 Å². The largest absolute Gasteiger partial charge is 0.309 e. The van der Waals surface area contributed by atoms with Crippen molar-refractivity contribution in [3.05, 3.63) is 169 Å². The van der Waals surface area contributed by atoms with E-state index in [2.05, 4.69) is 124 Å². The molecule has 0 atom stereocenters. The van der Waals surface area contributed by atoms with Crippen LogP contribution in [-0.2, 0) is 0 Å². The van der Waals surface area contributed by atoms with E-state index in [-0.39, 0.29) is 0 Å². The van der Waals surface area contributed by atoms with Crippen LogP contribution in [0.5, 0.6) is 0 Å². The summed E-state index contributed by atoms with van der Waals surface area (Å²) in [7, 11) is 0. The molecule has 0 saturated heterocycles. The Balaban J connectivity index is 1.24. The van der Waals surface area contributed by atoms with Crippen LogP contribution < -0.4 is 0 Å². The summed E-state index contributed by atoms with van der Waals surface area (Å²) in [5.74, 6) is 0.747. The average Bonchev–Trinajstić information content (AvgIpc) is 3.67. The van der Waals surface area contributed by atoms with Crippen molar-refractivity contribution in [1.29, 1.82) is 0 Å². The van der Waals surface area contributed by atoms with E-state index in [9.17, 15) is 0 Å². The Morgan fingerprint density at radius 3 is 1.78 bits per heavy atom. The number of halogens is 1. The Morgan fingerprint density at radius 2 is 0.980 bits per heavy atom. The first-order chi connectivity index (χ1) is 24.2. The van der Waals surface area contributed by atoms with Gasteiger partial charge in [-0.25, -0.2) is 9.97 Å². The lowest BCUT2D eigenvalue weighted by Crippen LogP contribution is -2.04. The molecule has 0 N–H and O–H groups in total. The molecule has 3 aromatic heterocycles. The van der Waals surface area contributed by atoms with Gasteiger partial charge in [0.15, 0.2) is 5.82 Å². The van der Waals surface area contributed by atoms with Gasteiger partial charge >= 0.3 is 0 Å². The van der Waals surface area contributed by atoms with Crippen molar-refractivity contribution in [2.75, 3.05) is 0 Å². The highest BCUT2D eigenvalue weighted by molar-refractivity contribution is 6.33. The Bertz CT molecular complexity index is 2900. The molecule has 0 radical (unpaired) electrons. The average molecular weight is 647 g/mol. The third kappa shape index (κ3) is 4.31. The topological polar surface area (TPSA) is 35.6 Å². The van der Waals surface area contributed by atoms with Crippen molar-refractivity contribution in [3.63, 3.8) is 0 Å². The van der Waals surface area contributed by atoms with Gasteiger partial charge in [0, 0.05) is 32.8 Å². The minimum atomic E-state index is 0.637. The first kappa shape index (κ1) is 27.8. The zero-order valence-electron chi connectivity index (χ0n) is 26.3. The maximum atomic E-state index is 6.84. The molecule has 4 nitrogen and oxygen atoms in total. The SMILES string of the molecule is Clc1ccccc1-c1nc2ccccc2nc1-n1c2ccccc2c2ccc(-c3ccc4c(c3)c3ccccc3n4-c3ccccc3)cc21. The molecule has 0 amide bonds. The Labute approximate surface area is 287 Å². The van der Waals surface area contributed by atoms with Crippen LogP contribution in [0, 0.1) is 0 Å². The Kier molecular flexibility index (Phi) is 6.20. The highest BCUT2D eigenvalue weighted by Gasteiger charge is 2.21. The predicted octanol–water partition coefficient (Wildman–Crippen LogP) is 11.8. The summed E-state index contributed by atoms with van der Waals surface area (Å²) in [6, 6.07) is 57.2. The summed E-state index contributed by atoms with van der Waals surface area (Å²) in [4.78, 5) is 10.5. The summed E-state index contributed by atoms with van der Waals surface area (Å²) in [6.45, 7) is 0. The van der Waals surface area contributed by atoms with Crippen molar-refractivity contribution < 1.29 is 0 Å². The molecule has 7 aromatic carbocycles. The third-order valence-electron chi connectivity index (χ3n) is 9.59. The second-order valence-electron chi connectivity index (χ2n) is 12.4. The van der Waals surface area contributed by atoms with Gasteiger partial charge in [0.2, 0.25) is 0 Å². The number of fused-ring (bicyclic) bond motifs is 7. The molecule has 0 bridgehead atoms. The van der Waals surface area contributed by atoms with Crippen molar-refractivity contribution in [2.24, 2.45) is 0 Å². The molecule has 0 aliphatic carbocycles. The van der Waals surface area contributed by atoms with Gasteiger partial charge in [-0.3, -0.25) is 4.57 Å². The van der Waals surface area contributed by atoms with Crippen molar-refractivity contribution >= 4 is 66.2 Å². The molecule has 10 rings (SSSR count). The third-order valence-corrected chi connectivity index (χ3v) is 9.92. The van der Waals surface area contributed by atoms with Gasteiger partial charge in [0.1, 0.15) is 5.69 Å². The molecule has 5 heteroatoms. The summed E-state index contributed by atoms with van der Waals surface area (Å²) in [6.07, 6.45) is 0. The van der Waals surface area contributed by atoms with Crippen LogP contribution in [0.25, 0.3) is 88.5 Å². The minimum absolute atomic E-state index is 0.637. The fourth-order valence-electron chi connectivity index (χ4n) is 7.37. The van der Waals surface area contributed by atoms with Gasteiger partial charge in [-0.15, -0.1) is 0 Å². The van der Waals surface area contributed by atoms with Gasteiger partial charge in [-0.05, 0) is 71.8 Å². The summed E-state index contributed by atoms with van der Waals surface area (Å²) >= 11 is 6.84. The summed E-state index contributed by atoms with van der Waals surface area (Å²) < 4.78 is 4.61. The van der Waals surface area contributed by atoms with Crippen LogP contribution in [0.15, 0.2) is 164 Å². The highest BCUT2D eigenvalue weighted by atomic mass is 35.5. The molecule has 49 heavy (non-hydrogen) atoms. The van der Waals surface area contributed by atoms with Crippen LogP contribution in [0.3, 0.4) is 0 Å². The number of benzene rings is 7. The predicted molar refractivity (Wildman–Crippen MR) is 204 cm³/mol. The van der Waals surface area contributed by atoms with Gasteiger partial charge in [0.25, 0.3) is 0 Å². The number of para-hydroxylation sites is 5. The number of rotatable bonds is 4. The quantitative estimate of drug-likeness (QED) is 0.191. The highest BCUT2D eigenvalue weighted by Crippen LogP contribution is 2.40. The smallest absolute Gasteiger partial charge is 0.165 e. The lowest BCUT2D eigenvalue weighted by atomic mass is 10.0. The number of hydrogen-bond acceptors (Lipinski definition) is 2. The van der Waals surface area contributed by atoms with Crippen molar-refractivity contribution in [2.45, 2.75) is 0 Å². The number of aromatic nitrogens is 4. The standard InChI is InChI=1S/C44H27ClN4/c45-36-17-7-4-16-34(36)43-44(47-38-19-9-8-18-37(38)46-43)49-40-21-11-5-14-31(40)33-24-22-29(27-42(33)49)28-23-25-41-35(26-28)32-15-6-10-20-39(32)48(41)30-12-2-1-3-13-30/h1-27H. The fraction of sp³-hybridized carbons (Fsp3) is 0. The maximum Gasteiger partial charge on any atom is 0.165 e. The molecule has 0 unspecified atom stereocenters. The molecule has 3 heterocycles.